The van der Waals surface area contributed by atoms with E-state index in [1.807, 2.05) is 37.3 Å². The van der Waals surface area contributed by atoms with Crippen LogP contribution in [0.4, 0.5) is 0 Å². The van der Waals surface area contributed by atoms with E-state index in [9.17, 15) is 4.79 Å². The van der Waals surface area contributed by atoms with E-state index in [4.69, 9.17) is 10.5 Å². The molecule has 1 aromatic heterocycles. The van der Waals surface area contributed by atoms with Gasteiger partial charge in [-0.2, -0.15) is 0 Å². The predicted octanol–water partition coefficient (Wildman–Crippen LogP) is 3.06. The molecule has 6 heteroatoms. The summed E-state index contributed by atoms with van der Waals surface area (Å²) in [6.07, 6.45) is 4.04. The van der Waals surface area contributed by atoms with Crippen molar-refractivity contribution in [1.29, 1.82) is 0 Å². The van der Waals surface area contributed by atoms with Gasteiger partial charge in [-0.15, -0.1) is 12.4 Å². The highest BCUT2D eigenvalue weighted by atomic mass is 35.5. The molecule has 0 aliphatic carbocycles. The number of aromatic nitrogens is 1. The number of nitrogens with one attached hydrogen (secondary N) is 1. The van der Waals surface area contributed by atoms with Crippen molar-refractivity contribution < 1.29 is 9.53 Å². The van der Waals surface area contributed by atoms with E-state index in [0.29, 0.717) is 19.6 Å². The van der Waals surface area contributed by atoms with Crippen molar-refractivity contribution in [2.75, 3.05) is 13.2 Å². The molecule has 0 saturated carbocycles. The van der Waals surface area contributed by atoms with Crippen molar-refractivity contribution in [3.05, 3.63) is 36.5 Å². The first-order valence-corrected chi connectivity index (χ1v) is 8.08. The summed E-state index contributed by atoms with van der Waals surface area (Å²) in [6.45, 7) is 4.85. The minimum atomic E-state index is -0.796. The van der Waals surface area contributed by atoms with Gasteiger partial charge in [0.1, 0.15) is 11.3 Å². The number of carbonyl (C=O) groups is 1. The average Bonchev–Trinajstić information content (AvgIpc) is 2.54. The fourth-order valence-corrected chi connectivity index (χ4v) is 2.48. The first-order valence-electron chi connectivity index (χ1n) is 8.08. The van der Waals surface area contributed by atoms with Crippen LogP contribution in [-0.2, 0) is 4.79 Å². The zero-order valence-corrected chi connectivity index (χ0v) is 15.1. The highest BCUT2D eigenvalue weighted by Crippen LogP contribution is 2.22. The molecule has 1 atom stereocenters. The molecule has 5 nitrogen and oxygen atoms in total. The van der Waals surface area contributed by atoms with E-state index in [0.717, 1.165) is 29.5 Å². The molecule has 132 valence electrons. The van der Waals surface area contributed by atoms with Gasteiger partial charge in [-0.05, 0) is 31.9 Å². The Bertz CT molecular complexity index is 656. The minimum absolute atomic E-state index is 0. The van der Waals surface area contributed by atoms with E-state index in [1.54, 1.807) is 13.1 Å². The molecule has 0 saturated heterocycles. The number of pyridine rings is 1. The molecular weight excluding hydrogens is 326 g/mol. The van der Waals surface area contributed by atoms with Crippen LogP contribution in [0.5, 0.6) is 5.75 Å². The number of halogens is 1. The number of fused-ring (bicyclic) bond motifs is 1. The maximum atomic E-state index is 12.0. The number of rotatable bonds is 8. The van der Waals surface area contributed by atoms with Gasteiger partial charge in [-0.3, -0.25) is 9.78 Å². The van der Waals surface area contributed by atoms with Gasteiger partial charge >= 0.3 is 0 Å². The first kappa shape index (κ1) is 20.2. The van der Waals surface area contributed by atoms with Crippen LogP contribution in [-0.4, -0.2) is 29.6 Å². The van der Waals surface area contributed by atoms with Gasteiger partial charge in [0.15, 0.2) is 0 Å². The van der Waals surface area contributed by atoms with Gasteiger partial charge in [-0.1, -0.05) is 31.5 Å². The number of carbonyl (C=O) groups excluding carboxylic acids is 1. The highest BCUT2D eigenvalue weighted by molar-refractivity contribution is 5.86. The average molecular weight is 352 g/mol. The number of benzene rings is 1. The van der Waals surface area contributed by atoms with Crippen molar-refractivity contribution in [1.82, 2.24) is 10.3 Å². The van der Waals surface area contributed by atoms with Gasteiger partial charge in [0.2, 0.25) is 5.91 Å². The Kier molecular flexibility index (Phi) is 7.95. The number of para-hydroxylation sites is 1. The fourth-order valence-electron chi connectivity index (χ4n) is 2.48. The summed E-state index contributed by atoms with van der Waals surface area (Å²) in [5.74, 6) is 0.662. The van der Waals surface area contributed by atoms with E-state index in [2.05, 4.69) is 10.3 Å². The molecule has 1 aromatic carbocycles. The molecule has 0 aliphatic heterocycles. The second-order valence-electron chi connectivity index (χ2n) is 5.96. The summed E-state index contributed by atoms with van der Waals surface area (Å²) < 4.78 is 5.79. The molecular formula is C18H26ClN3O2. The maximum Gasteiger partial charge on any atom is 0.239 e. The summed E-state index contributed by atoms with van der Waals surface area (Å²) in [5.41, 5.74) is 6.05. The van der Waals surface area contributed by atoms with Crippen LogP contribution in [0.15, 0.2) is 36.5 Å². The predicted molar refractivity (Wildman–Crippen MR) is 99.6 cm³/mol. The number of ether oxygens (including phenoxy) is 1. The lowest BCUT2D eigenvalue weighted by molar-refractivity contribution is -0.126. The summed E-state index contributed by atoms with van der Waals surface area (Å²) in [7, 11) is 0. The third-order valence-corrected chi connectivity index (χ3v) is 3.75. The monoisotopic (exact) mass is 351 g/mol. The Hall–Kier alpha value is -1.85. The molecule has 1 unspecified atom stereocenters. The Morgan fingerprint density at radius 1 is 1.33 bits per heavy atom. The number of amides is 1. The highest BCUT2D eigenvalue weighted by Gasteiger charge is 2.26. The van der Waals surface area contributed by atoms with Crippen LogP contribution >= 0.6 is 12.4 Å². The van der Waals surface area contributed by atoms with E-state index in [-0.39, 0.29) is 18.3 Å². The van der Waals surface area contributed by atoms with Gasteiger partial charge in [-0.25, -0.2) is 0 Å². The van der Waals surface area contributed by atoms with Gasteiger partial charge in [0.05, 0.1) is 12.1 Å². The SMILES string of the molecule is CCCC(C)(N)C(=O)NCCCOc1cccc2cccnc12.Cl. The molecule has 0 radical (unpaired) electrons. The molecule has 0 aliphatic rings. The molecule has 0 spiro atoms. The lowest BCUT2D eigenvalue weighted by atomic mass is 9.96. The number of nitrogens with zero attached hydrogens (tertiary/aromatic N) is 1. The number of hydrogen-bond donors (Lipinski definition) is 2. The molecule has 24 heavy (non-hydrogen) atoms. The molecule has 3 N–H and O–H groups in total. The van der Waals surface area contributed by atoms with Crippen molar-refractivity contribution in [3.63, 3.8) is 0 Å². The van der Waals surface area contributed by atoms with Gasteiger partial charge < -0.3 is 15.8 Å². The standard InChI is InChI=1S/C18H25N3O2.ClH/c1-3-10-18(2,19)17(22)21-12-6-13-23-15-9-4-7-14-8-5-11-20-16(14)15;/h4-5,7-9,11H,3,6,10,12-13,19H2,1-2H3,(H,21,22);1H. The van der Waals surface area contributed by atoms with Crippen molar-refractivity contribution in [2.45, 2.75) is 38.6 Å². The van der Waals surface area contributed by atoms with Crippen LogP contribution in [0.1, 0.15) is 33.1 Å². The first-order chi connectivity index (χ1) is 11.0. The second kappa shape index (κ2) is 9.45. The van der Waals surface area contributed by atoms with Crippen molar-refractivity contribution in [3.8, 4) is 5.75 Å². The zero-order chi connectivity index (χ0) is 16.7. The van der Waals surface area contributed by atoms with E-state index >= 15 is 0 Å². The summed E-state index contributed by atoms with van der Waals surface area (Å²) in [6, 6.07) is 9.77. The molecule has 1 amide bonds. The smallest absolute Gasteiger partial charge is 0.239 e. The maximum absolute atomic E-state index is 12.0. The quantitative estimate of drug-likeness (QED) is 0.716. The van der Waals surface area contributed by atoms with Crippen LogP contribution < -0.4 is 15.8 Å². The molecule has 1 heterocycles. The fraction of sp³-hybridized carbons (Fsp3) is 0.444. The van der Waals surface area contributed by atoms with E-state index < -0.39 is 5.54 Å². The lowest BCUT2D eigenvalue weighted by Crippen LogP contribution is -2.51. The summed E-state index contributed by atoms with van der Waals surface area (Å²) in [4.78, 5) is 16.3. The Labute approximate surface area is 149 Å². The van der Waals surface area contributed by atoms with Crippen LogP contribution in [0.25, 0.3) is 10.9 Å². The lowest BCUT2D eigenvalue weighted by Gasteiger charge is -2.22. The number of nitrogens with two attached hydrogens (primary N) is 1. The van der Waals surface area contributed by atoms with Crippen molar-refractivity contribution in [2.24, 2.45) is 5.73 Å². The van der Waals surface area contributed by atoms with Crippen LogP contribution in [0, 0.1) is 0 Å². The van der Waals surface area contributed by atoms with Gasteiger partial charge in [0.25, 0.3) is 0 Å². The zero-order valence-electron chi connectivity index (χ0n) is 14.2. The van der Waals surface area contributed by atoms with Crippen LogP contribution in [0.2, 0.25) is 0 Å². The third-order valence-electron chi connectivity index (χ3n) is 3.75. The van der Waals surface area contributed by atoms with Crippen molar-refractivity contribution >= 4 is 29.2 Å². The molecule has 2 aromatic rings. The number of hydrogen-bond acceptors (Lipinski definition) is 4. The molecule has 0 fully saturated rings. The Balaban J connectivity index is 0.00000288. The van der Waals surface area contributed by atoms with E-state index in [1.165, 1.54) is 0 Å². The Morgan fingerprint density at radius 3 is 2.83 bits per heavy atom. The van der Waals surface area contributed by atoms with Crippen LogP contribution in [0.3, 0.4) is 0 Å². The van der Waals surface area contributed by atoms with Gasteiger partial charge in [0, 0.05) is 18.1 Å². The summed E-state index contributed by atoms with van der Waals surface area (Å²) >= 11 is 0. The molecule has 2 rings (SSSR count). The largest absolute Gasteiger partial charge is 0.491 e. The molecule has 0 bridgehead atoms. The topological polar surface area (TPSA) is 77.2 Å². The second-order valence-corrected chi connectivity index (χ2v) is 5.96. The Morgan fingerprint density at radius 2 is 2.08 bits per heavy atom. The third kappa shape index (κ3) is 5.35. The summed E-state index contributed by atoms with van der Waals surface area (Å²) in [5, 5.41) is 3.92. The minimum Gasteiger partial charge on any atom is -0.491 e. The normalized spacial score (nSPS) is 13.0.